The van der Waals surface area contributed by atoms with Crippen LogP contribution in [0.15, 0.2) is 18.2 Å². The molecule has 0 saturated heterocycles. The number of anilines is 1. The zero-order valence-electron chi connectivity index (χ0n) is 10.5. The molecule has 1 aromatic rings. The van der Waals surface area contributed by atoms with Gasteiger partial charge in [-0.25, -0.2) is 4.79 Å². The van der Waals surface area contributed by atoms with E-state index in [-0.39, 0.29) is 23.8 Å². The van der Waals surface area contributed by atoms with Crippen LogP contribution in [0.4, 0.5) is 18.9 Å². The fraction of sp³-hybridized carbons (Fsp3) is 0.417. The van der Waals surface area contributed by atoms with Gasteiger partial charge in [-0.1, -0.05) is 13.8 Å². The van der Waals surface area contributed by atoms with Gasteiger partial charge in [0, 0.05) is 0 Å². The maximum atomic E-state index is 12.0. The molecule has 0 saturated carbocycles. The van der Waals surface area contributed by atoms with Gasteiger partial charge in [0.25, 0.3) is 0 Å². The Morgan fingerprint density at radius 2 is 2.00 bits per heavy atom. The molecule has 0 aromatic heterocycles. The quantitative estimate of drug-likeness (QED) is 0.679. The normalized spacial score (nSPS) is 11.5. The maximum absolute atomic E-state index is 12.0. The number of hydrogen-bond donors (Lipinski definition) is 1. The van der Waals surface area contributed by atoms with Crippen molar-refractivity contribution in [1.82, 2.24) is 0 Å². The molecule has 2 N–H and O–H groups in total. The van der Waals surface area contributed by atoms with Crippen LogP contribution >= 0.6 is 0 Å². The zero-order valence-corrected chi connectivity index (χ0v) is 10.5. The third-order valence-corrected chi connectivity index (χ3v) is 2.02. The Morgan fingerprint density at radius 1 is 1.37 bits per heavy atom. The molecule has 0 amide bonds. The number of halogens is 3. The molecule has 0 bridgehead atoms. The second-order valence-corrected chi connectivity index (χ2v) is 4.29. The van der Waals surface area contributed by atoms with Gasteiger partial charge in [-0.3, -0.25) is 0 Å². The number of carbonyl (C=O) groups excluding carboxylic acids is 1. The van der Waals surface area contributed by atoms with E-state index in [1.165, 1.54) is 6.07 Å². The number of nitrogens with two attached hydrogens (primary N) is 1. The van der Waals surface area contributed by atoms with E-state index < -0.39 is 18.1 Å². The van der Waals surface area contributed by atoms with Gasteiger partial charge in [-0.15, -0.1) is 13.2 Å². The second-order valence-electron chi connectivity index (χ2n) is 4.29. The first-order valence-electron chi connectivity index (χ1n) is 5.51. The van der Waals surface area contributed by atoms with Crippen molar-refractivity contribution < 1.29 is 27.4 Å². The Hall–Kier alpha value is -1.92. The minimum atomic E-state index is -4.83. The fourth-order valence-electron chi connectivity index (χ4n) is 1.22. The van der Waals surface area contributed by atoms with E-state index in [1.54, 1.807) is 0 Å². The minimum Gasteiger partial charge on any atom is -0.462 e. The molecular formula is C12H14F3NO3. The molecule has 1 aromatic carbocycles. The van der Waals surface area contributed by atoms with Crippen molar-refractivity contribution in [2.45, 2.75) is 20.2 Å². The highest BCUT2D eigenvalue weighted by Gasteiger charge is 2.32. The van der Waals surface area contributed by atoms with Crippen molar-refractivity contribution in [2.24, 2.45) is 5.92 Å². The van der Waals surface area contributed by atoms with E-state index in [0.29, 0.717) is 0 Å². The molecule has 0 heterocycles. The first kappa shape index (κ1) is 15.1. The zero-order chi connectivity index (χ0) is 14.6. The first-order chi connectivity index (χ1) is 8.69. The Bertz CT molecular complexity index is 458. The summed E-state index contributed by atoms with van der Waals surface area (Å²) in [6, 6.07) is 3.23. The van der Waals surface area contributed by atoms with Crippen LogP contribution in [0.3, 0.4) is 0 Å². The molecular weight excluding hydrogens is 263 g/mol. The molecule has 19 heavy (non-hydrogen) atoms. The number of carbonyl (C=O) groups is 1. The molecule has 7 heteroatoms. The average Bonchev–Trinajstić information content (AvgIpc) is 2.27. The van der Waals surface area contributed by atoms with Crippen LogP contribution in [-0.4, -0.2) is 18.9 Å². The molecule has 0 aliphatic rings. The van der Waals surface area contributed by atoms with E-state index in [4.69, 9.17) is 10.5 Å². The van der Waals surface area contributed by atoms with Gasteiger partial charge in [-0.05, 0) is 24.1 Å². The van der Waals surface area contributed by atoms with Crippen molar-refractivity contribution in [3.8, 4) is 5.75 Å². The van der Waals surface area contributed by atoms with Crippen molar-refractivity contribution in [1.29, 1.82) is 0 Å². The first-order valence-corrected chi connectivity index (χ1v) is 5.51. The number of benzene rings is 1. The van der Waals surface area contributed by atoms with E-state index in [0.717, 1.165) is 12.1 Å². The topological polar surface area (TPSA) is 61.5 Å². The van der Waals surface area contributed by atoms with Gasteiger partial charge in [0.05, 0.1) is 17.9 Å². The van der Waals surface area contributed by atoms with Crippen LogP contribution in [0.2, 0.25) is 0 Å². The second kappa shape index (κ2) is 5.81. The number of hydrogen-bond acceptors (Lipinski definition) is 4. The molecule has 0 unspecified atom stereocenters. The number of nitrogen functional groups attached to an aromatic ring is 1. The number of esters is 1. The lowest BCUT2D eigenvalue weighted by Crippen LogP contribution is -2.18. The lowest BCUT2D eigenvalue weighted by Gasteiger charge is -2.12. The molecule has 0 radical (unpaired) electrons. The van der Waals surface area contributed by atoms with E-state index >= 15 is 0 Å². The Balaban J connectivity index is 2.79. The summed E-state index contributed by atoms with van der Waals surface area (Å²) in [5.41, 5.74) is 5.18. The summed E-state index contributed by atoms with van der Waals surface area (Å²) in [6.07, 6.45) is -4.83. The van der Waals surface area contributed by atoms with Crippen molar-refractivity contribution in [3.05, 3.63) is 23.8 Å². The van der Waals surface area contributed by atoms with Crippen LogP contribution in [0, 0.1) is 5.92 Å². The van der Waals surface area contributed by atoms with Crippen LogP contribution in [0.1, 0.15) is 24.2 Å². The summed E-state index contributed by atoms with van der Waals surface area (Å²) in [6.45, 7) is 3.95. The van der Waals surface area contributed by atoms with Gasteiger partial charge in [0.2, 0.25) is 0 Å². The lowest BCUT2D eigenvalue weighted by atomic mass is 10.2. The van der Waals surface area contributed by atoms with Crippen LogP contribution in [0.5, 0.6) is 5.75 Å². The van der Waals surface area contributed by atoms with E-state index in [1.807, 2.05) is 13.8 Å². The Kier molecular flexibility index (Phi) is 4.63. The maximum Gasteiger partial charge on any atom is 0.573 e. The summed E-state index contributed by atoms with van der Waals surface area (Å²) in [7, 11) is 0. The molecule has 0 fully saturated rings. The van der Waals surface area contributed by atoms with E-state index in [9.17, 15) is 18.0 Å². The summed E-state index contributed by atoms with van der Waals surface area (Å²) in [5.74, 6) is -1.03. The summed E-state index contributed by atoms with van der Waals surface area (Å²) < 4.78 is 44.7. The smallest absolute Gasteiger partial charge is 0.462 e. The molecule has 106 valence electrons. The molecule has 0 atom stereocenters. The van der Waals surface area contributed by atoms with Gasteiger partial charge in [0.15, 0.2) is 5.75 Å². The number of rotatable bonds is 4. The fourth-order valence-corrected chi connectivity index (χ4v) is 1.22. The number of ether oxygens (including phenoxy) is 2. The standard InChI is InChI=1S/C12H14F3NO3/c1-7(2)6-18-11(17)8-3-4-10(9(16)5-8)19-12(13,14)15/h3-5,7H,6,16H2,1-2H3. The minimum absolute atomic E-state index is 0.0766. The van der Waals surface area contributed by atoms with Gasteiger partial charge in [0.1, 0.15) is 0 Å². The van der Waals surface area contributed by atoms with Crippen LogP contribution in [0.25, 0.3) is 0 Å². The SMILES string of the molecule is CC(C)COC(=O)c1ccc(OC(F)(F)F)c(N)c1. The van der Waals surface area contributed by atoms with Gasteiger partial charge >= 0.3 is 12.3 Å². The average molecular weight is 277 g/mol. The van der Waals surface area contributed by atoms with Crippen molar-refractivity contribution in [2.75, 3.05) is 12.3 Å². The largest absolute Gasteiger partial charge is 0.573 e. The highest BCUT2D eigenvalue weighted by Crippen LogP contribution is 2.29. The Morgan fingerprint density at radius 3 is 2.47 bits per heavy atom. The predicted molar refractivity (Wildman–Crippen MR) is 62.7 cm³/mol. The third-order valence-electron chi connectivity index (χ3n) is 2.02. The summed E-state index contributed by atoms with van der Waals surface area (Å²) in [5, 5.41) is 0. The van der Waals surface area contributed by atoms with E-state index in [2.05, 4.69) is 4.74 Å². The third kappa shape index (κ3) is 5.07. The number of alkyl halides is 3. The van der Waals surface area contributed by atoms with Crippen LogP contribution in [-0.2, 0) is 4.74 Å². The predicted octanol–water partition coefficient (Wildman–Crippen LogP) is 2.98. The van der Waals surface area contributed by atoms with Crippen molar-refractivity contribution in [3.63, 3.8) is 0 Å². The lowest BCUT2D eigenvalue weighted by molar-refractivity contribution is -0.274. The molecule has 0 spiro atoms. The van der Waals surface area contributed by atoms with Gasteiger partial charge < -0.3 is 15.2 Å². The molecule has 0 aliphatic heterocycles. The highest BCUT2D eigenvalue weighted by molar-refractivity contribution is 5.91. The van der Waals surface area contributed by atoms with Crippen molar-refractivity contribution >= 4 is 11.7 Å². The molecule has 4 nitrogen and oxygen atoms in total. The van der Waals surface area contributed by atoms with Crippen LogP contribution < -0.4 is 10.5 Å². The molecule has 0 aliphatic carbocycles. The highest BCUT2D eigenvalue weighted by atomic mass is 19.4. The summed E-state index contributed by atoms with van der Waals surface area (Å²) in [4.78, 5) is 11.6. The van der Waals surface area contributed by atoms with Gasteiger partial charge in [-0.2, -0.15) is 0 Å². The Labute approximate surface area is 108 Å². The molecule has 1 rings (SSSR count). The monoisotopic (exact) mass is 277 g/mol. The summed E-state index contributed by atoms with van der Waals surface area (Å²) >= 11 is 0.